The van der Waals surface area contributed by atoms with Gasteiger partial charge in [-0.3, -0.25) is 9.59 Å². The molecule has 4 heteroatoms. The Morgan fingerprint density at radius 1 is 0.786 bits per heavy atom. The number of esters is 2. The van der Waals surface area contributed by atoms with Crippen molar-refractivity contribution in [3.63, 3.8) is 0 Å². The van der Waals surface area contributed by atoms with Gasteiger partial charge in [0.15, 0.2) is 0 Å². The molecule has 0 saturated carbocycles. The molecule has 0 spiro atoms. The van der Waals surface area contributed by atoms with Crippen molar-refractivity contribution in [1.82, 2.24) is 0 Å². The minimum atomic E-state index is -0.157. The first-order valence-electron chi connectivity index (χ1n) is 11.1. The molecule has 1 rings (SSSR count). The lowest BCUT2D eigenvalue weighted by Crippen LogP contribution is -2.07. The minimum absolute atomic E-state index is 0.0635. The molecule has 0 radical (unpaired) electrons. The van der Waals surface area contributed by atoms with E-state index in [0.29, 0.717) is 25.2 Å². The summed E-state index contributed by atoms with van der Waals surface area (Å²) in [7, 11) is 0. The van der Waals surface area contributed by atoms with Crippen molar-refractivity contribution in [2.75, 3.05) is 6.61 Å². The number of hydrogen-bond acceptors (Lipinski definition) is 4. The summed E-state index contributed by atoms with van der Waals surface area (Å²) in [4.78, 5) is 23.5. The SMILES string of the molecule is CCCCCCOC(=O)CCCCCCCCC(=O)Oc1cccc(CC)c1. The molecule has 0 aliphatic carbocycles. The Morgan fingerprint density at radius 2 is 1.43 bits per heavy atom. The van der Waals surface area contributed by atoms with Crippen molar-refractivity contribution in [1.29, 1.82) is 0 Å². The lowest BCUT2D eigenvalue weighted by molar-refractivity contribution is -0.144. The summed E-state index contributed by atoms with van der Waals surface area (Å²) in [5.41, 5.74) is 1.17. The molecule has 1 aromatic carbocycles. The zero-order valence-corrected chi connectivity index (χ0v) is 17.8. The van der Waals surface area contributed by atoms with Gasteiger partial charge in [0.2, 0.25) is 0 Å². The predicted octanol–water partition coefficient (Wildman–Crippen LogP) is 6.40. The summed E-state index contributed by atoms with van der Waals surface area (Å²) >= 11 is 0. The summed E-state index contributed by atoms with van der Waals surface area (Å²) in [6.45, 7) is 4.82. The number of carbonyl (C=O) groups excluding carboxylic acids is 2. The largest absolute Gasteiger partial charge is 0.466 e. The van der Waals surface area contributed by atoms with Gasteiger partial charge in [-0.1, -0.05) is 70.9 Å². The molecule has 28 heavy (non-hydrogen) atoms. The van der Waals surface area contributed by atoms with Crippen LogP contribution in [0.3, 0.4) is 0 Å². The molecule has 0 bridgehead atoms. The fourth-order valence-corrected chi connectivity index (χ4v) is 3.04. The van der Waals surface area contributed by atoms with Crippen LogP contribution in [0.2, 0.25) is 0 Å². The fourth-order valence-electron chi connectivity index (χ4n) is 3.04. The normalized spacial score (nSPS) is 10.6. The van der Waals surface area contributed by atoms with E-state index < -0.39 is 0 Å². The maximum absolute atomic E-state index is 11.9. The van der Waals surface area contributed by atoms with E-state index in [-0.39, 0.29) is 11.9 Å². The Morgan fingerprint density at radius 3 is 2.11 bits per heavy atom. The summed E-state index contributed by atoms with van der Waals surface area (Å²) in [5.74, 6) is 0.419. The summed E-state index contributed by atoms with van der Waals surface area (Å²) in [5, 5.41) is 0. The Balaban J connectivity index is 1.94. The van der Waals surface area contributed by atoms with Gasteiger partial charge in [0, 0.05) is 12.8 Å². The highest BCUT2D eigenvalue weighted by atomic mass is 16.5. The van der Waals surface area contributed by atoms with Crippen LogP contribution in [0.1, 0.15) is 96.5 Å². The van der Waals surface area contributed by atoms with Crippen LogP contribution in [0.15, 0.2) is 24.3 Å². The molecule has 0 heterocycles. The molecule has 0 aliphatic rings. The van der Waals surface area contributed by atoms with Gasteiger partial charge in [0.25, 0.3) is 0 Å². The van der Waals surface area contributed by atoms with E-state index in [0.717, 1.165) is 57.8 Å². The number of aryl methyl sites for hydroxylation is 1. The number of benzene rings is 1. The van der Waals surface area contributed by atoms with E-state index >= 15 is 0 Å². The molecular weight excluding hydrogens is 352 g/mol. The molecule has 0 amide bonds. The zero-order chi connectivity index (χ0) is 20.5. The molecule has 4 nitrogen and oxygen atoms in total. The lowest BCUT2D eigenvalue weighted by atomic mass is 10.1. The highest BCUT2D eigenvalue weighted by Crippen LogP contribution is 2.15. The maximum atomic E-state index is 11.9. The molecule has 0 fully saturated rings. The molecule has 0 saturated heterocycles. The van der Waals surface area contributed by atoms with Gasteiger partial charge in [0.1, 0.15) is 5.75 Å². The van der Waals surface area contributed by atoms with Crippen molar-refractivity contribution in [2.24, 2.45) is 0 Å². The van der Waals surface area contributed by atoms with Crippen molar-refractivity contribution in [3.05, 3.63) is 29.8 Å². The fraction of sp³-hybridized carbons (Fsp3) is 0.667. The third kappa shape index (κ3) is 12.5. The van der Waals surface area contributed by atoms with Crippen LogP contribution in [-0.4, -0.2) is 18.5 Å². The Kier molecular flexibility index (Phi) is 14.0. The minimum Gasteiger partial charge on any atom is -0.466 e. The van der Waals surface area contributed by atoms with Crippen molar-refractivity contribution in [2.45, 2.75) is 97.3 Å². The number of carbonyl (C=O) groups is 2. The van der Waals surface area contributed by atoms with Crippen molar-refractivity contribution < 1.29 is 19.1 Å². The van der Waals surface area contributed by atoms with Crippen LogP contribution >= 0.6 is 0 Å². The lowest BCUT2D eigenvalue weighted by Gasteiger charge is -2.06. The second-order valence-electron chi connectivity index (χ2n) is 7.38. The number of unbranched alkanes of at least 4 members (excludes halogenated alkanes) is 8. The summed E-state index contributed by atoms with van der Waals surface area (Å²) in [6, 6.07) is 7.70. The van der Waals surface area contributed by atoms with Crippen molar-refractivity contribution >= 4 is 11.9 Å². The van der Waals surface area contributed by atoms with E-state index in [9.17, 15) is 9.59 Å². The predicted molar refractivity (Wildman–Crippen MR) is 113 cm³/mol. The van der Waals surface area contributed by atoms with E-state index in [1.807, 2.05) is 24.3 Å². The zero-order valence-electron chi connectivity index (χ0n) is 17.8. The number of ether oxygens (including phenoxy) is 2. The van der Waals surface area contributed by atoms with Gasteiger partial charge in [-0.15, -0.1) is 0 Å². The Hall–Kier alpha value is -1.84. The molecule has 0 unspecified atom stereocenters. The van der Waals surface area contributed by atoms with Gasteiger partial charge >= 0.3 is 11.9 Å². The highest BCUT2D eigenvalue weighted by molar-refractivity contribution is 5.72. The first kappa shape index (κ1) is 24.2. The van der Waals surface area contributed by atoms with Gasteiger partial charge in [-0.05, 0) is 43.4 Å². The molecule has 0 atom stereocenters. The summed E-state index contributed by atoms with van der Waals surface area (Å²) in [6.07, 6.45) is 12.4. The molecular formula is C24H38O4. The van der Waals surface area contributed by atoms with E-state index in [1.54, 1.807) is 0 Å². The molecule has 0 aliphatic heterocycles. The van der Waals surface area contributed by atoms with E-state index in [2.05, 4.69) is 13.8 Å². The van der Waals surface area contributed by atoms with Crippen LogP contribution in [0.4, 0.5) is 0 Å². The van der Waals surface area contributed by atoms with Crippen LogP contribution in [-0.2, 0) is 20.7 Å². The average Bonchev–Trinajstić information content (AvgIpc) is 2.70. The van der Waals surface area contributed by atoms with Crippen molar-refractivity contribution in [3.8, 4) is 5.75 Å². The van der Waals surface area contributed by atoms with Gasteiger partial charge < -0.3 is 9.47 Å². The second kappa shape index (κ2) is 16.1. The number of hydrogen-bond donors (Lipinski definition) is 0. The van der Waals surface area contributed by atoms with Crippen LogP contribution < -0.4 is 4.74 Å². The third-order valence-electron chi connectivity index (χ3n) is 4.81. The van der Waals surface area contributed by atoms with Gasteiger partial charge in [0.05, 0.1) is 6.61 Å². The second-order valence-corrected chi connectivity index (χ2v) is 7.38. The first-order valence-corrected chi connectivity index (χ1v) is 11.1. The summed E-state index contributed by atoms with van der Waals surface area (Å²) < 4.78 is 10.6. The monoisotopic (exact) mass is 390 g/mol. The Bertz CT molecular complexity index is 553. The molecule has 0 N–H and O–H groups in total. The quantitative estimate of drug-likeness (QED) is 0.186. The average molecular weight is 391 g/mol. The number of rotatable bonds is 16. The standard InChI is InChI=1S/C24H38O4/c1-3-5-6-13-19-27-23(25)17-11-9-7-8-10-12-18-24(26)28-22-16-14-15-21(4-2)20-22/h14-16,20H,3-13,17-19H2,1-2H3. The highest BCUT2D eigenvalue weighted by Gasteiger charge is 2.06. The van der Waals surface area contributed by atoms with Crippen LogP contribution in [0.5, 0.6) is 5.75 Å². The van der Waals surface area contributed by atoms with E-state index in [4.69, 9.17) is 9.47 Å². The smallest absolute Gasteiger partial charge is 0.311 e. The van der Waals surface area contributed by atoms with Crippen LogP contribution in [0, 0.1) is 0 Å². The van der Waals surface area contributed by atoms with Gasteiger partial charge in [-0.25, -0.2) is 0 Å². The molecule has 0 aromatic heterocycles. The molecule has 158 valence electrons. The first-order chi connectivity index (χ1) is 13.7. The maximum Gasteiger partial charge on any atom is 0.311 e. The Labute approximate surface area is 171 Å². The van der Waals surface area contributed by atoms with E-state index in [1.165, 1.54) is 18.4 Å². The third-order valence-corrected chi connectivity index (χ3v) is 4.81. The molecule has 1 aromatic rings. The topological polar surface area (TPSA) is 52.6 Å². The van der Waals surface area contributed by atoms with Gasteiger partial charge in [-0.2, -0.15) is 0 Å². The van der Waals surface area contributed by atoms with Crippen LogP contribution in [0.25, 0.3) is 0 Å².